The number of rotatable bonds is 2. The van der Waals surface area contributed by atoms with E-state index in [-0.39, 0.29) is 0 Å². The third-order valence-electron chi connectivity index (χ3n) is 1.94. The SMILES string of the molecule is CSC(=S)N/N=C/C1CC=CCC1. The summed E-state index contributed by atoms with van der Waals surface area (Å²) in [5.74, 6) is 0.585. The van der Waals surface area contributed by atoms with Crippen LogP contribution in [0.5, 0.6) is 0 Å². The van der Waals surface area contributed by atoms with E-state index in [1.807, 2.05) is 12.5 Å². The molecular weight excluding hydrogens is 200 g/mol. The lowest BCUT2D eigenvalue weighted by molar-refractivity contribution is 0.625. The molecule has 0 saturated carbocycles. The summed E-state index contributed by atoms with van der Waals surface area (Å²) in [6, 6.07) is 0. The minimum atomic E-state index is 0.585. The lowest BCUT2D eigenvalue weighted by atomic mass is 9.96. The highest BCUT2D eigenvalue weighted by Crippen LogP contribution is 2.15. The third kappa shape index (κ3) is 4.43. The maximum absolute atomic E-state index is 4.95. The molecule has 0 aromatic rings. The molecule has 0 radical (unpaired) electrons. The Morgan fingerprint density at radius 3 is 3.15 bits per heavy atom. The first-order chi connectivity index (χ1) is 6.33. The normalized spacial score (nSPS) is 22.1. The number of thiocarbonyl (C=S) groups is 1. The molecule has 2 nitrogen and oxygen atoms in total. The summed E-state index contributed by atoms with van der Waals surface area (Å²) in [6.45, 7) is 0. The van der Waals surface area contributed by atoms with Crippen molar-refractivity contribution >= 4 is 34.5 Å². The average Bonchev–Trinajstić information content (AvgIpc) is 2.19. The van der Waals surface area contributed by atoms with E-state index in [4.69, 9.17) is 12.2 Å². The van der Waals surface area contributed by atoms with Crippen LogP contribution in [-0.2, 0) is 0 Å². The van der Waals surface area contributed by atoms with Crippen LogP contribution < -0.4 is 5.43 Å². The van der Waals surface area contributed by atoms with Crippen molar-refractivity contribution in [2.45, 2.75) is 19.3 Å². The summed E-state index contributed by atoms with van der Waals surface area (Å²) in [5, 5.41) is 4.09. The summed E-state index contributed by atoms with van der Waals surface area (Å²) >= 11 is 6.45. The first-order valence-corrected chi connectivity index (χ1v) is 5.98. The van der Waals surface area contributed by atoms with Crippen LogP contribution >= 0.6 is 24.0 Å². The fourth-order valence-electron chi connectivity index (χ4n) is 1.19. The van der Waals surface area contributed by atoms with E-state index in [1.54, 1.807) is 0 Å². The van der Waals surface area contributed by atoms with Crippen LogP contribution in [-0.4, -0.2) is 16.8 Å². The van der Waals surface area contributed by atoms with Crippen LogP contribution in [0.1, 0.15) is 19.3 Å². The lowest BCUT2D eigenvalue weighted by Crippen LogP contribution is -2.13. The zero-order chi connectivity index (χ0) is 9.52. The Morgan fingerprint density at radius 1 is 1.69 bits per heavy atom. The van der Waals surface area contributed by atoms with Crippen molar-refractivity contribution in [3.05, 3.63) is 12.2 Å². The molecule has 1 aliphatic rings. The van der Waals surface area contributed by atoms with Crippen molar-refractivity contribution in [3.8, 4) is 0 Å². The molecule has 13 heavy (non-hydrogen) atoms. The Bertz CT molecular complexity index is 224. The van der Waals surface area contributed by atoms with Gasteiger partial charge in [-0.3, -0.25) is 5.43 Å². The largest absolute Gasteiger partial charge is 0.263 e. The van der Waals surface area contributed by atoms with Crippen molar-refractivity contribution in [2.75, 3.05) is 6.26 Å². The number of hydrogen-bond acceptors (Lipinski definition) is 3. The molecule has 0 aromatic heterocycles. The van der Waals surface area contributed by atoms with Gasteiger partial charge >= 0.3 is 0 Å². The van der Waals surface area contributed by atoms with Gasteiger partial charge in [-0.2, -0.15) is 5.10 Å². The van der Waals surface area contributed by atoms with E-state index in [9.17, 15) is 0 Å². The molecule has 0 heterocycles. The summed E-state index contributed by atoms with van der Waals surface area (Å²) in [4.78, 5) is 0. The van der Waals surface area contributed by atoms with Crippen molar-refractivity contribution in [3.63, 3.8) is 0 Å². The molecule has 0 spiro atoms. The Labute approximate surface area is 88.9 Å². The van der Waals surface area contributed by atoms with Crippen molar-refractivity contribution < 1.29 is 0 Å². The number of nitrogens with one attached hydrogen (secondary N) is 1. The number of hydrazone groups is 1. The monoisotopic (exact) mass is 214 g/mol. The Kier molecular flexibility index (Phi) is 5.08. The molecule has 1 aliphatic carbocycles. The highest BCUT2D eigenvalue weighted by molar-refractivity contribution is 8.22. The highest BCUT2D eigenvalue weighted by atomic mass is 32.2. The molecule has 1 rings (SSSR count). The molecule has 0 aromatic carbocycles. The van der Waals surface area contributed by atoms with E-state index in [0.717, 1.165) is 10.7 Å². The van der Waals surface area contributed by atoms with Gasteiger partial charge in [-0.25, -0.2) is 0 Å². The number of nitrogens with zero attached hydrogens (tertiary/aromatic N) is 1. The summed E-state index contributed by atoms with van der Waals surface area (Å²) in [5.41, 5.74) is 2.82. The third-order valence-corrected chi connectivity index (χ3v) is 2.99. The van der Waals surface area contributed by atoms with Gasteiger partial charge in [0.2, 0.25) is 0 Å². The van der Waals surface area contributed by atoms with Gasteiger partial charge in [0.15, 0.2) is 4.32 Å². The number of thioether (sulfide) groups is 1. The molecular formula is C9H14N2S2. The Hall–Kier alpha value is -0.350. The van der Waals surface area contributed by atoms with E-state index in [1.165, 1.54) is 24.6 Å². The quantitative estimate of drug-likeness (QED) is 0.331. The predicted octanol–water partition coefficient (Wildman–Crippen LogP) is 2.57. The molecule has 0 saturated heterocycles. The van der Waals surface area contributed by atoms with Gasteiger partial charge in [0.1, 0.15) is 0 Å². The maximum atomic E-state index is 4.95. The van der Waals surface area contributed by atoms with E-state index >= 15 is 0 Å². The minimum absolute atomic E-state index is 0.585. The van der Waals surface area contributed by atoms with Gasteiger partial charge in [-0.05, 0) is 31.4 Å². The molecule has 0 aliphatic heterocycles. The van der Waals surface area contributed by atoms with Gasteiger partial charge in [0.25, 0.3) is 0 Å². The van der Waals surface area contributed by atoms with Crippen LogP contribution in [0.2, 0.25) is 0 Å². The maximum Gasteiger partial charge on any atom is 0.153 e. The highest BCUT2D eigenvalue weighted by Gasteiger charge is 2.05. The van der Waals surface area contributed by atoms with Crippen molar-refractivity contribution in [1.82, 2.24) is 5.43 Å². The second kappa shape index (κ2) is 6.16. The van der Waals surface area contributed by atoms with Crippen LogP contribution in [0.4, 0.5) is 0 Å². The Morgan fingerprint density at radius 2 is 2.54 bits per heavy atom. The predicted molar refractivity (Wildman–Crippen MR) is 64.2 cm³/mol. The first kappa shape index (κ1) is 10.7. The van der Waals surface area contributed by atoms with Gasteiger partial charge in [0, 0.05) is 6.21 Å². The standard InChI is InChI=1S/C9H14N2S2/c1-13-9(12)11-10-7-8-5-3-2-4-6-8/h2-3,7-8H,4-6H2,1H3,(H,11,12)/b10-7+. The summed E-state index contributed by atoms with van der Waals surface area (Å²) in [6.07, 6.45) is 11.8. The lowest BCUT2D eigenvalue weighted by Gasteiger charge is -2.11. The second-order valence-corrected chi connectivity index (χ2v) is 4.41. The number of hydrogen-bond donors (Lipinski definition) is 1. The second-order valence-electron chi connectivity index (χ2n) is 2.93. The molecule has 0 fully saturated rings. The molecule has 1 N–H and O–H groups in total. The van der Waals surface area contributed by atoms with Crippen LogP contribution in [0.15, 0.2) is 17.3 Å². The topological polar surface area (TPSA) is 24.4 Å². The van der Waals surface area contributed by atoms with E-state index < -0.39 is 0 Å². The Balaban J connectivity index is 2.23. The van der Waals surface area contributed by atoms with Gasteiger partial charge in [0.05, 0.1) is 0 Å². The summed E-state index contributed by atoms with van der Waals surface area (Å²) in [7, 11) is 0. The van der Waals surface area contributed by atoms with E-state index in [2.05, 4.69) is 22.7 Å². The van der Waals surface area contributed by atoms with E-state index in [0.29, 0.717) is 5.92 Å². The molecule has 1 atom stereocenters. The smallest absolute Gasteiger partial charge is 0.153 e. The van der Waals surface area contributed by atoms with Crippen molar-refractivity contribution in [2.24, 2.45) is 11.0 Å². The number of allylic oxidation sites excluding steroid dienone is 2. The van der Waals surface area contributed by atoms with Crippen LogP contribution in [0.25, 0.3) is 0 Å². The fraction of sp³-hybridized carbons (Fsp3) is 0.556. The zero-order valence-corrected chi connectivity index (χ0v) is 9.33. The van der Waals surface area contributed by atoms with Crippen molar-refractivity contribution in [1.29, 1.82) is 0 Å². The van der Waals surface area contributed by atoms with Crippen LogP contribution in [0.3, 0.4) is 0 Å². The zero-order valence-electron chi connectivity index (χ0n) is 7.69. The average molecular weight is 214 g/mol. The fourth-order valence-corrected chi connectivity index (χ4v) is 1.39. The molecule has 72 valence electrons. The minimum Gasteiger partial charge on any atom is -0.263 e. The van der Waals surface area contributed by atoms with Gasteiger partial charge in [-0.15, -0.1) is 0 Å². The van der Waals surface area contributed by atoms with Gasteiger partial charge < -0.3 is 0 Å². The molecule has 1 unspecified atom stereocenters. The summed E-state index contributed by atoms with van der Waals surface area (Å²) < 4.78 is 0.725. The van der Waals surface area contributed by atoms with Gasteiger partial charge in [-0.1, -0.05) is 36.1 Å². The molecule has 4 heteroatoms. The molecule has 0 amide bonds. The first-order valence-electron chi connectivity index (χ1n) is 4.35. The van der Waals surface area contributed by atoms with Crippen LogP contribution in [0, 0.1) is 5.92 Å². The molecule has 0 bridgehead atoms.